The van der Waals surface area contributed by atoms with Gasteiger partial charge in [-0.1, -0.05) is 60.7 Å². The Balaban J connectivity index is 1.81. The van der Waals surface area contributed by atoms with Gasteiger partial charge in [-0.05, 0) is 30.4 Å². The van der Waals surface area contributed by atoms with Gasteiger partial charge < -0.3 is 0 Å². The second-order valence-corrected chi connectivity index (χ2v) is 7.37. The van der Waals surface area contributed by atoms with Gasteiger partial charge in [-0.25, -0.2) is 13.1 Å². The molecule has 0 bridgehead atoms. The molecule has 0 aromatic heterocycles. The molecular formula is C17H19NO2S. The maximum atomic E-state index is 12.5. The van der Waals surface area contributed by atoms with Crippen molar-refractivity contribution in [2.75, 3.05) is 0 Å². The fourth-order valence-corrected chi connectivity index (χ4v) is 4.49. The highest BCUT2D eigenvalue weighted by Gasteiger charge is 2.41. The number of hydrogen-bond acceptors (Lipinski definition) is 2. The fraction of sp³-hybridized carbons (Fsp3) is 0.294. The third-order valence-corrected chi connectivity index (χ3v) is 5.50. The van der Waals surface area contributed by atoms with E-state index in [-0.39, 0.29) is 5.75 Å². The zero-order valence-electron chi connectivity index (χ0n) is 11.8. The van der Waals surface area contributed by atoms with Gasteiger partial charge in [-0.2, -0.15) is 0 Å². The molecule has 1 aliphatic carbocycles. The summed E-state index contributed by atoms with van der Waals surface area (Å²) >= 11 is 0. The van der Waals surface area contributed by atoms with Gasteiger partial charge in [-0.3, -0.25) is 0 Å². The van der Waals surface area contributed by atoms with Gasteiger partial charge in [0.1, 0.15) is 0 Å². The summed E-state index contributed by atoms with van der Waals surface area (Å²) in [5.74, 6) is 0.0302. The molecule has 2 aromatic rings. The van der Waals surface area contributed by atoms with Gasteiger partial charge in [0, 0.05) is 0 Å². The van der Waals surface area contributed by atoms with Crippen LogP contribution in [0, 0.1) is 0 Å². The molecule has 1 N–H and O–H groups in total. The van der Waals surface area contributed by atoms with Crippen molar-refractivity contribution >= 4 is 10.0 Å². The highest BCUT2D eigenvalue weighted by atomic mass is 32.2. The van der Waals surface area contributed by atoms with Crippen LogP contribution in [-0.4, -0.2) is 8.42 Å². The van der Waals surface area contributed by atoms with Crippen molar-refractivity contribution < 1.29 is 8.42 Å². The summed E-state index contributed by atoms with van der Waals surface area (Å²) in [6.07, 6.45) is 2.79. The van der Waals surface area contributed by atoms with Crippen molar-refractivity contribution in [3.05, 3.63) is 71.8 Å². The summed E-state index contributed by atoms with van der Waals surface area (Å²) in [6, 6.07) is 19.2. The van der Waals surface area contributed by atoms with E-state index in [1.165, 1.54) is 0 Å². The minimum absolute atomic E-state index is 0.0302. The van der Waals surface area contributed by atoms with E-state index < -0.39 is 15.6 Å². The van der Waals surface area contributed by atoms with Crippen LogP contribution < -0.4 is 4.72 Å². The summed E-state index contributed by atoms with van der Waals surface area (Å²) in [4.78, 5) is 0. The molecule has 0 atom stereocenters. The zero-order chi connectivity index (χ0) is 14.8. The van der Waals surface area contributed by atoms with Crippen LogP contribution in [0.2, 0.25) is 0 Å². The zero-order valence-corrected chi connectivity index (χ0v) is 12.6. The molecule has 4 heteroatoms. The summed E-state index contributed by atoms with van der Waals surface area (Å²) in [5.41, 5.74) is 1.47. The van der Waals surface area contributed by atoms with Gasteiger partial charge in [0.05, 0.1) is 11.3 Å². The standard InChI is InChI=1S/C17H19NO2S/c19-21(20,14-15-8-3-1-4-9-15)18-17(12-7-13-17)16-10-5-2-6-11-16/h1-6,8-11,18H,7,12-14H2. The van der Waals surface area contributed by atoms with Crippen LogP contribution in [0.5, 0.6) is 0 Å². The average Bonchev–Trinajstić information content (AvgIpc) is 2.44. The first kappa shape index (κ1) is 14.3. The van der Waals surface area contributed by atoms with Crippen molar-refractivity contribution in [2.24, 2.45) is 0 Å². The van der Waals surface area contributed by atoms with Crippen molar-refractivity contribution in [1.82, 2.24) is 4.72 Å². The molecule has 3 nitrogen and oxygen atoms in total. The third-order valence-electron chi connectivity index (χ3n) is 4.08. The Morgan fingerprint density at radius 2 is 1.48 bits per heavy atom. The molecule has 0 spiro atoms. The molecular weight excluding hydrogens is 282 g/mol. The Bertz CT molecular complexity index is 692. The summed E-state index contributed by atoms with van der Waals surface area (Å²) in [6.45, 7) is 0. The maximum absolute atomic E-state index is 12.5. The predicted octanol–water partition coefficient (Wildman–Crippen LogP) is 3.19. The van der Waals surface area contributed by atoms with Gasteiger partial charge in [-0.15, -0.1) is 0 Å². The minimum atomic E-state index is -3.35. The van der Waals surface area contributed by atoms with E-state index in [2.05, 4.69) is 4.72 Å². The van der Waals surface area contributed by atoms with Gasteiger partial charge in [0.25, 0.3) is 0 Å². The number of sulfonamides is 1. The lowest BCUT2D eigenvalue weighted by Crippen LogP contribution is -2.50. The lowest BCUT2D eigenvalue weighted by molar-refractivity contribution is 0.224. The second kappa shape index (κ2) is 5.62. The summed E-state index contributed by atoms with van der Waals surface area (Å²) in [7, 11) is -3.35. The molecule has 3 rings (SSSR count). The Labute approximate surface area is 126 Å². The van der Waals surface area contributed by atoms with Crippen molar-refractivity contribution in [2.45, 2.75) is 30.6 Å². The lowest BCUT2D eigenvalue weighted by atomic mass is 9.73. The van der Waals surface area contributed by atoms with E-state index in [4.69, 9.17) is 0 Å². The Morgan fingerprint density at radius 1 is 0.905 bits per heavy atom. The van der Waals surface area contributed by atoms with Crippen LogP contribution >= 0.6 is 0 Å². The first-order valence-corrected chi connectivity index (χ1v) is 8.86. The molecule has 0 saturated heterocycles. The van der Waals surface area contributed by atoms with Crippen LogP contribution in [0.25, 0.3) is 0 Å². The normalized spacial score (nSPS) is 17.1. The van der Waals surface area contributed by atoms with Crippen molar-refractivity contribution in [3.63, 3.8) is 0 Å². The second-order valence-electron chi connectivity index (χ2n) is 5.65. The molecule has 0 unspecified atom stereocenters. The molecule has 0 amide bonds. The number of hydrogen-bond donors (Lipinski definition) is 1. The largest absolute Gasteiger partial charge is 0.216 e. The minimum Gasteiger partial charge on any atom is -0.212 e. The van der Waals surface area contributed by atoms with E-state index in [0.29, 0.717) is 0 Å². The smallest absolute Gasteiger partial charge is 0.212 e. The van der Waals surface area contributed by atoms with Gasteiger partial charge >= 0.3 is 0 Å². The van der Waals surface area contributed by atoms with Crippen LogP contribution in [0.1, 0.15) is 30.4 Å². The fourth-order valence-electron chi connectivity index (χ4n) is 2.86. The first-order valence-electron chi connectivity index (χ1n) is 7.21. The van der Waals surface area contributed by atoms with E-state index >= 15 is 0 Å². The Kier molecular flexibility index (Phi) is 3.83. The third kappa shape index (κ3) is 3.17. The highest BCUT2D eigenvalue weighted by Crippen LogP contribution is 2.41. The molecule has 1 saturated carbocycles. The van der Waals surface area contributed by atoms with Crippen LogP contribution in [-0.2, 0) is 21.3 Å². The molecule has 1 aliphatic rings. The van der Waals surface area contributed by atoms with E-state index in [0.717, 1.165) is 30.4 Å². The van der Waals surface area contributed by atoms with E-state index in [9.17, 15) is 8.42 Å². The molecule has 0 heterocycles. The first-order chi connectivity index (χ1) is 10.1. The van der Waals surface area contributed by atoms with Gasteiger partial charge in [0.15, 0.2) is 0 Å². The topological polar surface area (TPSA) is 46.2 Å². The summed E-state index contributed by atoms with van der Waals surface area (Å²) in [5, 5.41) is 0. The lowest BCUT2D eigenvalue weighted by Gasteiger charge is -2.42. The molecule has 0 aliphatic heterocycles. The SMILES string of the molecule is O=S(=O)(Cc1ccccc1)NC1(c2ccccc2)CCC1. The van der Waals surface area contributed by atoms with Crippen LogP contribution in [0.15, 0.2) is 60.7 Å². The van der Waals surface area contributed by atoms with Crippen LogP contribution in [0.4, 0.5) is 0 Å². The van der Waals surface area contributed by atoms with E-state index in [1.54, 1.807) is 0 Å². The monoisotopic (exact) mass is 301 g/mol. The maximum Gasteiger partial charge on any atom is 0.216 e. The number of nitrogens with one attached hydrogen (secondary N) is 1. The van der Waals surface area contributed by atoms with Crippen molar-refractivity contribution in [1.29, 1.82) is 0 Å². The molecule has 21 heavy (non-hydrogen) atoms. The Hall–Kier alpha value is -1.65. The summed E-state index contributed by atoms with van der Waals surface area (Å²) < 4.78 is 27.9. The highest BCUT2D eigenvalue weighted by molar-refractivity contribution is 7.88. The molecule has 110 valence electrons. The Morgan fingerprint density at radius 3 is 2.00 bits per heavy atom. The quantitative estimate of drug-likeness (QED) is 0.922. The predicted molar refractivity (Wildman–Crippen MR) is 84.2 cm³/mol. The van der Waals surface area contributed by atoms with Crippen molar-refractivity contribution in [3.8, 4) is 0 Å². The molecule has 1 fully saturated rings. The molecule has 2 aromatic carbocycles. The van der Waals surface area contributed by atoms with Crippen LogP contribution in [0.3, 0.4) is 0 Å². The molecule has 0 radical (unpaired) electrons. The average molecular weight is 301 g/mol. The van der Waals surface area contributed by atoms with Gasteiger partial charge in [0.2, 0.25) is 10.0 Å². The number of benzene rings is 2. The van der Waals surface area contributed by atoms with E-state index in [1.807, 2.05) is 60.7 Å². The number of rotatable bonds is 5.